The lowest BCUT2D eigenvalue weighted by Crippen LogP contribution is -2.20. The Hall–Kier alpha value is -1.88. The van der Waals surface area contributed by atoms with Gasteiger partial charge in [0.15, 0.2) is 5.82 Å². The van der Waals surface area contributed by atoms with Crippen molar-refractivity contribution in [2.45, 2.75) is 12.8 Å². The molecule has 2 N–H and O–H groups in total. The summed E-state index contributed by atoms with van der Waals surface area (Å²) in [6, 6.07) is 9.87. The first-order valence-corrected chi connectivity index (χ1v) is 6.17. The van der Waals surface area contributed by atoms with E-state index in [9.17, 15) is 0 Å². The van der Waals surface area contributed by atoms with Crippen LogP contribution in [0.1, 0.15) is 12.7 Å². The molecule has 0 aliphatic heterocycles. The Kier molecular flexibility index (Phi) is 3.94. The lowest BCUT2D eigenvalue weighted by atomic mass is 10.3. The highest BCUT2D eigenvalue weighted by Gasteiger charge is 2.12. The molecule has 2 aromatic rings. The Morgan fingerprint density at radius 3 is 2.50 bits per heavy atom. The van der Waals surface area contributed by atoms with Crippen molar-refractivity contribution in [1.29, 1.82) is 0 Å². The van der Waals surface area contributed by atoms with E-state index in [1.807, 2.05) is 42.2 Å². The number of nitrogens with zero attached hydrogens (tertiary/aromatic N) is 4. The van der Waals surface area contributed by atoms with Crippen LogP contribution < -0.4 is 10.6 Å². The second-order valence-electron chi connectivity index (χ2n) is 3.62. The van der Waals surface area contributed by atoms with Gasteiger partial charge in [0.1, 0.15) is 0 Å². The summed E-state index contributed by atoms with van der Waals surface area (Å²) < 4.78 is 0. The fraction of sp³-hybridized carbons (Fsp3) is 0.250. The number of para-hydroxylation sites is 1. The zero-order valence-corrected chi connectivity index (χ0v) is 10.8. The summed E-state index contributed by atoms with van der Waals surface area (Å²) in [4.78, 5) is 14.4. The van der Waals surface area contributed by atoms with Crippen LogP contribution in [-0.2, 0) is 5.88 Å². The van der Waals surface area contributed by atoms with Gasteiger partial charge in [0, 0.05) is 12.2 Å². The molecule has 0 amide bonds. The Morgan fingerprint density at radius 1 is 1.17 bits per heavy atom. The normalized spacial score (nSPS) is 10.3. The molecule has 1 aromatic heterocycles. The summed E-state index contributed by atoms with van der Waals surface area (Å²) in [7, 11) is 0. The molecule has 2 rings (SSSR count). The van der Waals surface area contributed by atoms with E-state index in [0.717, 1.165) is 12.2 Å². The molecule has 0 aliphatic carbocycles. The molecule has 18 heavy (non-hydrogen) atoms. The predicted molar refractivity (Wildman–Crippen MR) is 72.9 cm³/mol. The maximum Gasteiger partial charge on any atom is 0.234 e. The van der Waals surface area contributed by atoms with Gasteiger partial charge in [-0.05, 0) is 19.1 Å². The summed E-state index contributed by atoms with van der Waals surface area (Å²) in [5.41, 5.74) is 6.66. The zero-order chi connectivity index (χ0) is 13.0. The molecule has 0 bridgehead atoms. The van der Waals surface area contributed by atoms with Crippen LogP contribution in [0.25, 0.3) is 0 Å². The first-order valence-electron chi connectivity index (χ1n) is 5.63. The Labute approximate surface area is 111 Å². The molecule has 0 radical (unpaired) electrons. The summed E-state index contributed by atoms with van der Waals surface area (Å²) in [6.07, 6.45) is 0. The highest BCUT2D eigenvalue weighted by molar-refractivity contribution is 6.16. The Bertz CT molecular complexity index is 517. The highest BCUT2D eigenvalue weighted by Crippen LogP contribution is 2.21. The van der Waals surface area contributed by atoms with Gasteiger partial charge in [0.2, 0.25) is 11.9 Å². The molecular weight excluding hydrogens is 250 g/mol. The van der Waals surface area contributed by atoms with Crippen molar-refractivity contribution >= 4 is 29.2 Å². The number of anilines is 3. The summed E-state index contributed by atoms with van der Waals surface area (Å²) in [5, 5.41) is 0. The molecule has 6 heteroatoms. The highest BCUT2D eigenvalue weighted by atomic mass is 35.5. The number of halogens is 1. The zero-order valence-electron chi connectivity index (χ0n) is 10.0. The first kappa shape index (κ1) is 12.6. The number of aromatic nitrogens is 3. The first-order chi connectivity index (χ1) is 8.74. The number of hydrogen-bond acceptors (Lipinski definition) is 5. The van der Waals surface area contributed by atoms with E-state index in [1.165, 1.54) is 0 Å². The van der Waals surface area contributed by atoms with Crippen LogP contribution in [-0.4, -0.2) is 21.5 Å². The van der Waals surface area contributed by atoms with Gasteiger partial charge in [-0.3, -0.25) is 0 Å². The van der Waals surface area contributed by atoms with E-state index in [-0.39, 0.29) is 11.8 Å². The van der Waals surface area contributed by atoms with Crippen molar-refractivity contribution < 1.29 is 0 Å². The van der Waals surface area contributed by atoms with Crippen LogP contribution in [0.4, 0.5) is 17.6 Å². The fourth-order valence-electron chi connectivity index (χ4n) is 1.65. The minimum atomic E-state index is 0.185. The molecule has 0 aliphatic rings. The van der Waals surface area contributed by atoms with Crippen molar-refractivity contribution in [2.24, 2.45) is 0 Å². The lowest BCUT2D eigenvalue weighted by molar-refractivity contribution is 0.895. The average molecular weight is 264 g/mol. The maximum atomic E-state index is 5.74. The molecular formula is C12H14ClN5. The van der Waals surface area contributed by atoms with E-state index in [0.29, 0.717) is 11.8 Å². The van der Waals surface area contributed by atoms with Crippen molar-refractivity contribution in [3.63, 3.8) is 0 Å². The second-order valence-corrected chi connectivity index (χ2v) is 3.89. The minimum absolute atomic E-state index is 0.185. The number of nitrogen functional groups attached to an aromatic ring is 1. The van der Waals surface area contributed by atoms with E-state index in [2.05, 4.69) is 15.0 Å². The van der Waals surface area contributed by atoms with Crippen LogP contribution in [0.3, 0.4) is 0 Å². The molecule has 0 fully saturated rings. The van der Waals surface area contributed by atoms with E-state index >= 15 is 0 Å². The number of benzene rings is 1. The molecule has 0 spiro atoms. The van der Waals surface area contributed by atoms with Crippen LogP contribution in [0.5, 0.6) is 0 Å². The lowest BCUT2D eigenvalue weighted by Gasteiger charge is -2.21. The van der Waals surface area contributed by atoms with Gasteiger partial charge in [-0.1, -0.05) is 18.2 Å². The van der Waals surface area contributed by atoms with Gasteiger partial charge < -0.3 is 10.6 Å². The standard InChI is InChI=1S/C12H14ClN5/c1-2-18(9-6-4-3-5-7-9)12-16-10(8-13)15-11(14)17-12/h3-7H,2,8H2,1H3,(H2,14,15,16,17). The van der Waals surface area contributed by atoms with E-state index in [1.54, 1.807) is 0 Å². The number of alkyl halides is 1. The van der Waals surface area contributed by atoms with Gasteiger partial charge in [-0.15, -0.1) is 11.6 Å². The van der Waals surface area contributed by atoms with E-state index < -0.39 is 0 Å². The minimum Gasteiger partial charge on any atom is -0.368 e. The number of nitrogens with two attached hydrogens (primary N) is 1. The Balaban J connectivity index is 2.42. The Morgan fingerprint density at radius 2 is 1.89 bits per heavy atom. The van der Waals surface area contributed by atoms with Gasteiger partial charge in [-0.2, -0.15) is 15.0 Å². The summed E-state index contributed by atoms with van der Waals surface area (Å²) in [5.74, 6) is 1.40. The van der Waals surface area contributed by atoms with Gasteiger partial charge >= 0.3 is 0 Å². The molecule has 1 aromatic carbocycles. The van der Waals surface area contributed by atoms with Crippen molar-refractivity contribution in [2.75, 3.05) is 17.2 Å². The largest absolute Gasteiger partial charge is 0.368 e. The molecule has 0 saturated heterocycles. The maximum absolute atomic E-state index is 5.74. The molecule has 0 atom stereocenters. The summed E-state index contributed by atoms with van der Waals surface area (Å²) >= 11 is 5.74. The fourth-order valence-corrected chi connectivity index (χ4v) is 1.77. The third kappa shape index (κ3) is 2.68. The van der Waals surface area contributed by atoms with Crippen LogP contribution in [0, 0.1) is 0 Å². The number of rotatable bonds is 4. The van der Waals surface area contributed by atoms with Crippen LogP contribution in [0.15, 0.2) is 30.3 Å². The van der Waals surface area contributed by atoms with Gasteiger partial charge in [0.05, 0.1) is 5.88 Å². The molecule has 1 heterocycles. The van der Waals surface area contributed by atoms with Crippen molar-refractivity contribution in [1.82, 2.24) is 15.0 Å². The van der Waals surface area contributed by atoms with Crippen LogP contribution >= 0.6 is 11.6 Å². The third-order valence-corrected chi connectivity index (χ3v) is 2.67. The predicted octanol–water partition coefficient (Wildman–Crippen LogP) is 2.35. The molecule has 0 saturated carbocycles. The van der Waals surface area contributed by atoms with Crippen LogP contribution in [0.2, 0.25) is 0 Å². The quantitative estimate of drug-likeness (QED) is 0.858. The molecule has 5 nitrogen and oxygen atoms in total. The van der Waals surface area contributed by atoms with E-state index in [4.69, 9.17) is 17.3 Å². The smallest absolute Gasteiger partial charge is 0.234 e. The van der Waals surface area contributed by atoms with Crippen molar-refractivity contribution in [3.8, 4) is 0 Å². The van der Waals surface area contributed by atoms with Gasteiger partial charge in [0.25, 0.3) is 0 Å². The second kappa shape index (κ2) is 5.64. The molecule has 0 unspecified atom stereocenters. The topological polar surface area (TPSA) is 67.9 Å². The monoisotopic (exact) mass is 263 g/mol. The number of hydrogen-bond donors (Lipinski definition) is 1. The average Bonchev–Trinajstić information content (AvgIpc) is 2.40. The molecule has 94 valence electrons. The third-order valence-electron chi connectivity index (χ3n) is 2.43. The van der Waals surface area contributed by atoms with Gasteiger partial charge in [-0.25, -0.2) is 0 Å². The van der Waals surface area contributed by atoms with Crippen molar-refractivity contribution in [3.05, 3.63) is 36.2 Å². The summed E-state index contributed by atoms with van der Waals surface area (Å²) in [6.45, 7) is 2.75. The SMILES string of the molecule is CCN(c1ccccc1)c1nc(N)nc(CCl)n1.